The summed E-state index contributed by atoms with van der Waals surface area (Å²) in [6, 6.07) is 6.33. The second-order valence-electron chi connectivity index (χ2n) is 4.19. The van der Waals surface area contributed by atoms with Gasteiger partial charge in [0.1, 0.15) is 16.9 Å². The predicted octanol–water partition coefficient (Wildman–Crippen LogP) is 3.89. The summed E-state index contributed by atoms with van der Waals surface area (Å²) in [5, 5.41) is 12.8. The van der Waals surface area contributed by atoms with Crippen molar-refractivity contribution in [3.63, 3.8) is 0 Å². The maximum absolute atomic E-state index is 13.5. The number of aryl methyl sites for hydroxylation is 1. The summed E-state index contributed by atoms with van der Waals surface area (Å²) < 4.78 is 13.5. The van der Waals surface area contributed by atoms with Crippen molar-refractivity contribution in [1.82, 2.24) is 4.98 Å². The summed E-state index contributed by atoms with van der Waals surface area (Å²) in [6.45, 7) is 4.07. The highest BCUT2D eigenvalue weighted by molar-refractivity contribution is 7.11. The molecular weight excluding hydrogens is 261 g/mol. The first-order valence-electron chi connectivity index (χ1n) is 6.04. The van der Waals surface area contributed by atoms with Gasteiger partial charge in [0.15, 0.2) is 0 Å². The maximum atomic E-state index is 13.5. The Labute approximate surface area is 115 Å². The molecule has 1 aromatic carbocycles. The van der Waals surface area contributed by atoms with Crippen molar-refractivity contribution in [2.45, 2.75) is 26.3 Å². The molecule has 0 radical (unpaired) electrons. The largest absolute Gasteiger partial charge is 0.376 e. The van der Waals surface area contributed by atoms with Gasteiger partial charge in [0.2, 0.25) is 0 Å². The van der Waals surface area contributed by atoms with Crippen LogP contribution in [-0.2, 0) is 6.42 Å². The number of thiazole rings is 1. The zero-order valence-electron chi connectivity index (χ0n) is 10.8. The molecule has 98 valence electrons. The standard InChI is InChI=1S/C14H14FN3S/c1-3-12-8-17-14(19-12)9(2)18-11-5-4-10(7-16)13(15)6-11/h4-6,8-9,18H,3H2,1-2H3. The monoisotopic (exact) mass is 275 g/mol. The first-order valence-corrected chi connectivity index (χ1v) is 6.86. The molecule has 2 rings (SSSR count). The first-order chi connectivity index (χ1) is 9.13. The van der Waals surface area contributed by atoms with Gasteiger partial charge >= 0.3 is 0 Å². The normalized spacial score (nSPS) is 11.9. The highest BCUT2D eigenvalue weighted by Gasteiger charge is 2.11. The first kappa shape index (κ1) is 13.5. The molecule has 0 amide bonds. The molecule has 0 saturated carbocycles. The van der Waals surface area contributed by atoms with Crippen LogP contribution in [-0.4, -0.2) is 4.98 Å². The lowest BCUT2D eigenvalue weighted by molar-refractivity contribution is 0.624. The van der Waals surface area contributed by atoms with Gasteiger partial charge in [-0.05, 0) is 31.5 Å². The molecule has 19 heavy (non-hydrogen) atoms. The lowest BCUT2D eigenvalue weighted by atomic mass is 10.2. The van der Waals surface area contributed by atoms with Gasteiger partial charge < -0.3 is 5.32 Å². The smallest absolute Gasteiger partial charge is 0.143 e. The van der Waals surface area contributed by atoms with Crippen molar-refractivity contribution in [3.05, 3.63) is 45.7 Å². The second-order valence-corrected chi connectivity index (χ2v) is 5.34. The Kier molecular flexibility index (Phi) is 4.13. The van der Waals surface area contributed by atoms with Gasteiger partial charge in [-0.3, -0.25) is 0 Å². The van der Waals surface area contributed by atoms with Crippen molar-refractivity contribution in [3.8, 4) is 6.07 Å². The molecule has 0 aliphatic rings. The molecule has 1 aromatic heterocycles. The van der Waals surface area contributed by atoms with Crippen molar-refractivity contribution in [1.29, 1.82) is 5.26 Å². The fraction of sp³-hybridized carbons (Fsp3) is 0.286. The van der Waals surface area contributed by atoms with Gasteiger partial charge in [-0.25, -0.2) is 9.37 Å². The van der Waals surface area contributed by atoms with Gasteiger partial charge in [-0.2, -0.15) is 5.26 Å². The Bertz CT molecular complexity index is 615. The lowest BCUT2D eigenvalue weighted by Gasteiger charge is -2.12. The second kappa shape index (κ2) is 5.81. The van der Waals surface area contributed by atoms with Crippen molar-refractivity contribution >= 4 is 17.0 Å². The number of nitrogens with one attached hydrogen (secondary N) is 1. The topological polar surface area (TPSA) is 48.7 Å². The van der Waals surface area contributed by atoms with Crippen LogP contribution in [0.1, 0.15) is 35.3 Å². The van der Waals surface area contributed by atoms with E-state index in [0.717, 1.165) is 11.4 Å². The number of nitriles is 1. The minimum atomic E-state index is -0.506. The maximum Gasteiger partial charge on any atom is 0.143 e. The number of aromatic nitrogens is 1. The molecule has 0 aliphatic heterocycles. The molecule has 1 heterocycles. The van der Waals surface area contributed by atoms with Crippen molar-refractivity contribution in [2.24, 2.45) is 0 Å². The third-order valence-corrected chi connectivity index (χ3v) is 4.09. The highest BCUT2D eigenvalue weighted by Crippen LogP contribution is 2.24. The van der Waals surface area contributed by atoms with Gasteiger partial charge in [0, 0.05) is 16.8 Å². The number of hydrogen-bond donors (Lipinski definition) is 1. The molecule has 2 aromatic rings. The van der Waals surface area contributed by atoms with Crippen LogP contribution in [0.4, 0.5) is 10.1 Å². The van der Waals surface area contributed by atoms with Gasteiger partial charge in [0.05, 0.1) is 11.6 Å². The molecule has 3 nitrogen and oxygen atoms in total. The van der Waals surface area contributed by atoms with E-state index in [1.165, 1.54) is 17.0 Å². The van der Waals surface area contributed by atoms with E-state index < -0.39 is 5.82 Å². The van der Waals surface area contributed by atoms with E-state index in [0.29, 0.717) is 5.69 Å². The third kappa shape index (κ3) is 3.09. The van der Waals surface area contributed by atoms with Crippen LogP contribution in [0.5, 0.6) is 0 Å². The average Bonchev–Trinajstić information content (AvgIpc) is 2.88. The third-order valence-electron chi connectivity index (χ3n) is 2.76. The SMILES string of the molecule is CCc1cnc(C(C)Nc2ccc(C#N)c(F)c2)s1. The lowest BCUT2D eigenvalue weighted by Crippen LogP contribution is -2.06. The number of nitrogens with zero attached hydrogens (tertiary/aromatic N) is 2. The molecule has 0 spiro atoms. The Morgan fingerprint density at radius 2 is 2.32 bits per heavy atom. The quantitative estimate of drug-likeness (QED) is 0.921. The molecular formula is C14H14FN3S. The van der Waals surface area contributed by atoms with E-state index in [1.807, 2.05) is 13.1 Å². The molecule has 1 N–H and O–H groups in total. The fourth-order valence-corrected chi connectivity index (χ4v) is 2.55. The van der Waals surface area contributed by atoms with Crippen LogP contribution < -0.4 is 5.32 Å². The number of anilines is 1. The highest BCUT2D eigenvalue weighted by atomic mass is 32.1. The Hall–Kier alpha value is -1.93. The van der Waals surface area contributed by atoms with E-state index in [-0.39, 0.29) is 11.6 Å². The number of rotatable bonds is 4. The minimum Gasteiger partial charge on any atom is -0.376 e. The van der Waals surface area contributed by atoms with E-state index in [1.54, 1.807) is 23.5 Å². The van der Waals surface area contributed by atoms with Crippen LogP contribution in [0.15, 0.2) is 24.4 Å². The number of halogens is 1. The minimum absolute atomic E-state index is 0.0117. The van der Waals surface area contributed by atoms with Crippen LogP contribution in [0.25, 0.3) is 0 Å². The predicted molar refractivity (Wildman–Crippen MR) is 74.6 cm³/mol. The Morgan fingerprint density at radius 3 is 2.89 bits per heavy atom. The summed E-state index contributed by atoms with van der Waals surface area (Å²) in [5.74, 6) is -0.506. The molecule has 0 aliphatic carbocycles. The van der Waals surface area contributed by atoms with Crippen LogP contribution in [0, 0.1) is 17.1 Å². The number of benzene rings is 1. The summed E-state index contributed by atoms with van der Waals surface area (Å²) in [6.07, 6.45) is 2.84. The summed E-state index contributed by atoms with van der Waals surface area (Å²) in [4.78, 5) is 5.58. The van der Waals surface area contributed by atoms with E-state index >= 15 is 0 Å². The van der Waals surface area contributed by atoms with Crippen LogP contribution >= 0.6 is 11.3 Å². The molecule has 1 atom stereocenters. The van der Waals surface area contributed by atoms with E-state index in [4.69, 9.17) is 5.26 Å². The molecule has 5 heteroatoms. The van der Waals surface area contributed by atoms with Gasteiger partial charge in [0.25, 0.3) is 0 Å². The zero-order chi connectivity index (χ0) is 13.8. The Morgan fingerprint density at radius 1 is 1.53 bits per heavy atom. The fourth-order valence-electron chi connectivity index (χ4n) is 1.69. The summed E-state index contributed by atoms with van der Waals surface area (Å²) >= 11 is 1.65. The van der Waals surface area contributed by atoms with Gasteiger partial charge in [-0.15, -0.1) is 11.3 Å². The number of hydrogen-bond acceptors (Lipinski definition) is 4. The van der Waals surface area contributed by atoms with Crippen LogP contribution in [0.3, 0.4) is 0 Å². The molecule has 1 unspecified atom stereocenters. The van der Waals surface area contributed by atoms with Gasteiger partial charge in [-0.1, -0.05) is 6.92 Å². The summed E-state index contributed by atoms with van der Waals surface area (Å²) in [7, 11) is 0. The van der Waals surface area contributed by atoms with Crippen molar-refractivity contribution < 1.29 is 4.39 Å². The molecule has 0 bridgehead atoms. The van der Waals surface area contributed by atoms with E-state index in [9.17, 15) is 4.39 Å². The molecule has 0 saturated heterocycles. The Balaban J connectivity index is 2.12. The zero-order valence-corrected chi connectivity index (χ0v) is 11.6. The average molecular weight is 275 g/mol. The van der Waals surface area contributed by atoms with Crippen molar-refractivity contribution in [2.75, 3.05) is 5.32 Å². The van der Waals surface area contributed by atoms with E-state index in [2.05, 4.69) is 17.2 Å². The van der Waals surface area contributed by atoms with Crippen LogP contribution in [0.2, 0.25) is 0 Å². The molecule has 0 fully saturated rings. The summed E-state index contributed by atoms with van der Waals surface area (Å²) in [5.41, 5.74) is 0.706.